The van der Waals surface area contributed by atoms with Gasteiger partial charge in [-0.15, -0.1) is 5.11 Å². The van der Waals surface area contributed by atoms with E-state index in [0.29, 0.717) is 21.2 Å². The summed E-state index contributed by atoms with van der Waals surface area (Å²) >= 11 is 5.71. The summed E-state index contributed by atoms with van der Waals surface area (Å²) in [6, 6.07) is 4.78. The lowest BCUT2D eigenvalue weighted by atomic mass is 10.2. The third-order valence-corrected chi connectivity index (χ3v) is 1.93. The summed E-state index contributed by atoms with van der Waals surface area (Å²) in [6.07, 6.45) is -0.967. The molecule has 0 bridgehead atoms. The molecule has 1 heterocycles. The van der Waals surface area contributed by atoms with Crippen LogP contribution in [0, 0.1) is 4.91 Å². The molecule has 13 heavy (non-hydrogen) atoms. The number of halogens is 1. The van der Waals surface area contributed by atoms with Gasteiger partial charge in [0.25, 0.3) is 5.69 Å². The highest BCUT2D eigenvalue weighted by atomic mass is 35.5. The zero-order valence-electron chi connectivity index (χ0n) is 6.51. The van der Waals surface area contributed by atoms with Gasteiger partial charge in [0.2, 0.25) is 0 Å². The molecule has 0 fully saturated rings. The first kappa shape index (κ1) is 8.28. The van der Waals surface area contributed by atoms with Crippen molar-refractivity contribution in [1.82, 2.24) is 0 Å². The van der Waals surface area contributed by atoms with Crippen LogP contribution in [0.15, 0.2) is 28.4 Å². The maximum atomic E-state index is 11.3. The van der Waals surface area contributed by atoms with E-state index in [4.69, 9.17) is 17.3 Å². The SMILES string of the molecule is NC1N=Nc2ccc(Cl)cc2[N+]1=O. The average molecular weight is 198 g/mol. The van der Waals surface area contributed by atoms with Crippen molar-refractivity contribution >= 4 is 23.0 Å². The molecule has 0 saturated heterocycles. The number of nitrogens with zero attached hydrogens (tertiary/aromatic N) is 3. The molecule has 0 amide bonds. The monoisotopic (exact) mass is 197 g/mol. The zero-order chi connectivity index (χ0) is 9.42. The van der Waals surface area contributed by atoms with Crippen LogP contribution < -0.4 is 5.73 Å². The van der Waals surface area contributed by atoms with Crippen LogP contribution in [-0.4, -0.2) is 11.0 Å². The fourth-order valence-electron chi connectivity index (χ4n) is 1.07. The van der Waals surface area contributed by atoms with E-state index in [9.17, 15) is 4.91 Å². The topological polar surface area (TPSA) is 70.8 Å². The molecule has 1 atom stereocenters. The molecule has 6 heteroatoms. The summed E-state index contributed by atoms with van der Waals surface area (Å²) in [5.74, 6) is 0. The predicted octanol–water partition coefficient (Wildman–Crippen LogP) is 2.09. The van der Waals surface area contributed by atoms with Crippen LogP contribution in [0.4, 0.5) is 11.4 Å². The normalized spacial score (nSPS) is 20.2. The van der Waals surface area contributed by atoms with Crippen molar-refractivity contribution in [2.75, 3.05) is 0 Å². The van der Waals surface area contributed by atoms with Crippen molar-refractivity contribution in [3.63, 3.8) is 0 Å². The van der Waals surface area contributed by atoms with Gasteiger partial charge in [0, 0.05) is 16.0 Å². The van der Waals surface area contributed by atoms with Gasteiger partial charge < -0.3 is 0 Å². The van der Waals surface area contributed by atoms with E-state index < -0.39 is 6.29 Å². The first-order chi connectivity index (χ1) is 6.18. The first-order valence-corrected chi connectivity index (χ1v) is 3.98. The lowest BCUT2D eigenvalue weighted by molar-refractivity contribution is -0.506. The molecule has 0 spiro atoms. The van der Waals surface area contributed by atoms with Gasteiger partial charge in [-0.05, 0) is 12.1 Å². The Hall–Kier alpha value is -1.33. The molecule has 0 aromatic heterocycles. The highest BCUT2D eigenvalue weighted by molar-refractivity contribution is 6.30. The van der Waals surface area contributed by atoms with Gasteiger partial charge in [-0.25, -0.2) is 5.73 Å². The van der Waals surface area contributed by atoms with Crippen LogP contribution in [0.2, 0.25) is 5.02 Å². The molecule has 0 aliphatic carbocycles. The van der Waals surface area contributed by atoms with Gasteiger partial charge in [0.1, 0.15) is 0 Å². The van der Waals surface area contributed by atoms with Gasteiger partial charge in [-0.1, -0.05) is 16.7 Å². The Morgan fingerprint density at radius 2 is 2.31 bits per heavy atom. The Morgan fingerprint density at radius 3 is 3.08 bits per heavy atom. The first-order valence-electron chi connectivity index (χ1n) is 3.61. The Bertz CT molecular complexity index is 403. The number of azo groups is 1. The minimum absolute atomic E-state index is 0.356. The average Bonchev–Trinajstić information content (AvgIpc) is 2.12. The highest BCUT2D eigenvalue weighted by Crippen LogP contribution is 2.33. The van der Waals surface area contributed by atoms with Crippen LogP contribution >= 0.6 is 11.6 Å². The summed E-state index contributed by atoms with van der Waals surface area (Å²) in [4.78, 5) is 11.3. The van der Waals surface area contributed by atoms with Crippen molar-refractivity contribution in [3.8, 4) is 0 Å². The summed E-state index contributed by atoms with van der Waals surface area (Å²) < 4.78 is 0.578. The lowest BCUT2D eigenvalue weighted by Crippen LogP contribution is -2.28. The van der Waals surface area contributed by atoms with E-state index in [-0.39, 0.29) is 0 Å². The Kier molecular flexibility index (Phi) is 1.82. The van der Waals surface area contributed by atoms with E-state index in [2.05, 4.69) is 10.2 Å². The lowest BCUT2D eigenvalue weighted by Gasteiger charge is -2.04. The van der Waals surface area contributed by atoms with Gasteiger partial charge in [-0.2, -0.15) is 0 Å². The molecule has 0 saturated carbocycles. The quantitative estimate of drug-likeness (QED) is 0.647. The van der Waals surface area contributed by atoms with Crippen molar-refractivity contribution in [2.45, 2.75) is 6.29 Å². The fourth-order valence-corrected chi connectivity index (χ4v) is 1.23. The van der Waals surface area contributed by atoms with E-state index in [1.807, 2.05) is 0 Å². The van der Waals surface area contributed by atoms with E-state index in [0.717, 1.165) is 0 Å². The predicted molar refractivity (Wildman–Crippen MR) is 47.2 cm³/mol. The summed E-state index contributed by atoms with van der Waals surface area (Å²) in [6.45, 7) is 0. The Balaban J connectivity index is 2.60. The third kappa shape index (κ3) is 1.32. The second kappa shape index (κ2) is 2.86. The Labute approximate surface area is 78.8 Å². The van der Waals surface area contributed by atoms with Gasteiger partial charge in [-0.3, -0.25) is 0 Å². The zero-order valence-corrected chi connectivity index (χ0v) is 7.27. The minimum atomic E-state index is -0.967. The molecule has 2 N–H and O–H groups in total. The maximum absolute atomic E-state index is 11.3. The van der Waals surface area contributed by atoms with Crippen molar-refractivity contribution in [3.05, 3.63) is 28.1 Å². The van der Waals surface area contributed by atoms with Crippen LogP contribution in [-0.2, 0) is 0 Å². The van der Waals surface area contributed by atoms with Crippen molar-refractivity contribution in [2.24, 2.45) is 16.0 Å². The van der Waals surface area contributed by atoms with E-state index in [1.54, 1.807) is 12.1 Å². The molecule has 1 aromatic rings. The summed E-state index contributed by atoms with van der Waals surface area (Å²) in [7, 11) is 0. The summed E-state index contributed by atoms with van der Waals surface area (Å²) in [5.41, 5.74) is 6.20. The molecule has 1 aromatic carbocycles. The molecule has 66 valence electrons. The van der Waals surface area contributed by atoms with Crippen LogP contribution in [0.3, 0.4) is 0 Å². The molecule has 0 radical (unpaired) electrons. The largest absolute Gasteiger partial charge is 0.373 e. The number of hydrogen-bond acceptors (Lipinski definition) is 4. The molecular weight excluding hydrogens is 192 g/mol. The summed E-state index contributed by atoms with van der Waals surface area (Å²) in [5, 5.41) is 7.80. The Morgan fingerprint density at radius 1 is 1.54 bits per heavy atom. The van der Waals surface area contributed by atoms with Gasteiger partial charge in [0.05, 0.1) is 4.76 Å². The number of nitroso groups, excluding NO2 is 1. The van der Waals surface area contributed by atoms with Crippen molar-refractivity contribution in [1.29, 1.82) is 0 Å². The fraction of sp³-hybridized carbons (Fsp3) is 0.143. The molecule has 1 aliphatic rings. The number of benzene rings is 1. The highest BCUT2D eigenvalue weighted by Gasteiger charge is 2.30. The third-order valence-electron chi connectivity index (χ3n) is 1.70. The second-order valence-corrected chi connectivity index (χ2v) is 3.02. The number of rotatable bonds is 0. The molecule has 5 nitrogen and oxygen atoms in total. The maximum Gasteiger partial charge on any atom is 0.373 e. The molecule has 1 unspecified atom stereocenters. The van der Waals surface area contributed by atoms with E-state index >= 15 is 0 Å². The smallest absolute Gasteiger partial charge is 0.247 e. The standard InChI is InChI=1S/C7H6ClN4O/c8-4-1-2-5-6(3-4)12(13)7(9)11-10-5/h1-3,7H,9H2/q+1. The molecular formula is C7H6ClN4O+. The molecule has 2 rings (SSSR count). The minimum Gasteiger partial charge on any atom is -0.247 e. The van der Waals surface area contributed by atoms with Crippen LogP contribution in [0.5, 0.6) is 0 Å². The van der Waals surface area contributed by atoms with E-state index in [1.165, 1.54) is 6.07 Å². The number of hydrogen-bond donors (Lipinski definition) is 1. The van der Waals surface area contributed by atoms with Crippen LogP contribution in [0.25, 0.3) is 0 Å². The van der Waals surface area contributed by atoms with Gasteiger partial charge >= 0.3 is 6.29 Å². The van der Waals surface area contributed by atoms with Crippen LogP contribution in [0.1, 0.15) is 0 Å². The number of nitrogens with two attached hydrogens (primary N) is 1. The van der Waals surface area contributed by atoms with Crippen molar-refractivity contribution < 1.29 is 4.76 Å². The molecule has 1 aliphatic heterocycles. The number of fused-ring (bicyclic) bond motifs is 1. The van der Waals surface area contributed by atoms with Gasteiger partial charge in [0.15, 0.2) is 5.69 Å². The second-order valence-electron chi connectivity index (χ2n) is 2.59.